The van der Waals surface area contributed by atoms with Crippen molar-refractivity contribution < 1.29 is 4.39 Å². The summed E-state index contributed by atoms with van der Waals surface area (Å²) in [7, 11) is 0. The van der Waals surface area contributed by atoms with Crippen LogP contribution in [0.15, 0.2) is 12.1 Å². The first-order valence-electron chi connectivity index (χ1n) is 12.5. The molecule has 0 N–H and O–H groups in total. The summed E-state index contributed by atoms with van der Waals surface area (Å²) in [5, 5.41) is 0. The lowest BCUT2D eigenvalue weighted by Gasteiger charge is -2.08. The zero-order valence-electron chi connectivity index (χ0n) is 18.8. The molecule has 0 aliphatic heterocycles. The van der Waals surface area contributed by atoms with Crippen LogP contribution in [-0.4, -0.2) is 0 Å². The summed E-state index contributed by atoms with van der Waals surface area (Å²) in [4.78, 5) is 0. The van der Waals surface area contributed by atoms with Crippen LogP contribution >= 0.6 is 0 Å². The van der Waals surface area contributed by atoms with E-state index in [-0.39, 0.29) is 5.82 Å². The Labute approximate surface area is 174 Å². The van der Waals surface area contributed by atoms with Gasteiger partial charge in [-0.1, -0.05) is 103 Å². The molecule has 1 atom stereocenters. The highest BCUT2D eigenvalue weighted by Crippen LogP contribution is 2.33. The first kappa shape index (κ1) is 23.4. The molecule has 0 aromatic heterocycles. The fourth-order valence-electron chi connectivity index (χ4n) is 4.86. The Kier molecular flexibility index (Phi) is 11.9. The summed E-state index contributed by atoms with van der Waals surface area (Å²) in [6.45, 7) is 4.54. The van der Waals surface area contributed by atoms with Crippen LogP contribution in [0.25, 0.3) is 0 Å². The third-order valence-electron chi connectivity index (χ3n) is 6.63. The van der Waals surface area contributed by atoms with E-state index in [0.717, 1.165) is 24.8 Å². The van der Waals surface area contributed by atoms with Crippen molar-refractivity contribution in [3.8, 4) is 0 Å². The van der Waals surface area contributed by atoms with Crippen molar-refractivity contribution >= 4 is 0 Å². The van der Waals surface area contributed by atoms with Gasteiger partial charge in [0, 0.05) is 0 Å². The monoisotopic (exact) mass is 388 g/mol. The zero-order valence-corrected chi connectivity index (χ0v) is 18.8. The Morgan fingerprint density at radius 2 is 1.29 bits per heavy atom. The average molecular weight is 389 g/mol. The molecule has 1 unspecified atom stereocenters. The summed E-state index contributed by atoms with van der Waals surface area (Å²) >= 11 is 0. The van der Waals surface area contributed by atoms with Crippen LogP contribution in [0.5, 0.6) is 0 Å². The van der Waals surface area contributed by atoms with Crippen molar-refractivity contribution in [2.75, 3.05) is 0 Å². The first-order chi connectivity index (χ1) is 13.7. The van der Waals surface area contributed by atoms with Crippen LogP contribution in [0.2, 0.25) is 0 Å². The van der Waals surface area contributed by atoms with Crippen molar-refractivity contribution in [1.82, 2.24) is 0 Å². The van der Waals surface area contributed by atoms with Gasteiger partial charge in [-0.3, -0.25) is 0 Å². The smallest absolute Gasteiger partial charge is 0.126 e. The second kappa shape index (κ2) is 14.2. The van der Waals surface area contributed by atoms with E-state index in [9.17, 15) is 4.39 Å². The fourth-order valence-corrected chi connectivity index (χ4v) is 4.86. The predicted molar refractivity (Wildman–Crippen MR) is 122 cm³/mol. The minimum absolute atomic E-state index is 0.0810. The van der Waals surface area contributed by atoms with Crippen molar-refractivity contribution in [2.45, 2.75) is 129 Å². The highest BCUT2D eigenvalue weighted by atomic mass is 19.1. The molecule has 2 rings (SSSR count). The quantitative estimate of drug-likeness (QED) is 0.248. The second-order valence-electron chi connectivity index (χ2n) is 9.27. The van der Waals surface area contributed by atoms with Gasteiger partial charge in [0.05, 0.1) is 0 Å². The molecule has 0 saturated carbocycles. The molecule has 1 aromatic carbocycles. The number of hydrogen-bond acceptors (Lipinski definition) is 0. The fraction of sp³-hybridized carbons (Fsp3) is 0.778. The second-order valence-corrected chi connectivity index (χ2v) is 9.27. The molecule has 1 aromatic rings. The van der Waals surface area contributed by atoms with E-state index in [4.69, 9.17) is 0 Å². The van der Waals surface area contributed by atoms with Crippen LogP contribution in [0, 0.1) is 11.7 Å². The molecular formula is C27H45F. The SMILES string of the molecule is CCCCCCCCCCc1cc(F)c2c(c1)CC(CCCCCCCC)C2. The van der Waals surface area contributed by atoms with E-state index in [1.807, 2.05) is 6.07 Å². The molecule has 28 heavy (non-hydrogen) atoms. The van der Waals surface area contributed by atoms with Crippen molar-refractivity contribution in [1.29, 1.82) is 0 Å². The molecule has 1 aliphatic carbocycles. The maximum absolute atomic E-state index is 14.6. The van der Waals surface area contributed by atoms with Crippen molar-refractivity contribution in [3.05, 3.63) is 34.6 Å². The lowest BCUT2D eigenvalue weighted by molar-refractivity contribution is 0.466. The van der Waals surface area contributed by atoms with Crippen LogP contribution in [0.3, 0.4) is 0 Å². The Balaban J connectivity index is 1.65. The van der Waals surface area contributed by atoms with Crippen LogP contribution in [0.4, 0.5) is 4.39 Å². The topological polar surface area (TPSA) is 0 Å². The van der Waals surface area contributed by atoms with Gasteiger partial charge in [-0.25, -0.2) is 4.39 Å². The summed E-state index contributed by atoms with van der Waals surface area (Å²) in [6, 6.07) is 4.17. The molecule has 0 radical (unpaired) electrons. The van der Waals surface area contributed by atoms with Crippen LogP contribution < -0.4 is 0 Å². The number of aryl methyl sites for hydroxylation is 1. The van der Waals surface area contributed by atoms with Crippen molar-refractivity contribution in [3.63, 3.8) is 0 Å². The van der Waals surface area contributed by atoms with Crippen molar-refractivity contribution in [2.24, 2.45) is 5.92 Å². The summed E-state index contributed by atoms with van der Waals surface area (Å²) in [6.07, 6.45) is 23.3. The van der Waals surface area contributed by atoms with Crippen LogP contribution in [0.1, 0.15) is 127 Å². The largest absolute Gasteiger partial charge is 0.207 e. The number of halogens is 1. The summed E-state index contributed by atoms with van der Waals surface area (Å²) in [5.41, 5.74) is 3.60. The van der Waals surface area contributed by atoms with E-state index in [2.05, 4.69) is 19.9 Å². The number of hydrogen-bond donors (Lipinski definition) is 0. The maximum atomic E-state index is 14.6. The molecule has 0 fully saturated rings. The van der Waals surface area contributed by atoms with E-state index in [0.29, 0.717) is 5.92 Å². The van der Waals surface area contributed by atoms with Gasteiger partial charge in [0.25, 0.3) is 0 Å². The molecule has 0 heterocycles. The highest BCUT2D eigenvalue weighted by Gasteiger charge is 2.24. The van der Waals surface area contributed by atoms with E-state index in [1.165, 1.54) is 107 Å². The molecular weight excluding hydrogens is 343 g/mol. The number of unbranched alkanes of at least 4 members (excludes halogenated alkanes) is 12. The van der Waals surface area contributed by atoms with Gasteiger partial charge in [0.1, 0.15) is 5.82 Å². The maximum Gasteiger partial charge on any atom is 0.126 e. The minimum atomic E-state index is 0.0810. The minimum Gasteiger partial charge on any atom is -0.207 e. The third kappa shape index (κ3) is 8.66. The number of rotatable bonds is 16. The van der Waals surface area contributed by atoms with E-state index >= 15 is 0 Å². The molecule has 1 heteroatoms. The lowest BCUT2D eigenvalue weighted by atomic mass is 9.97. The molecule has 160 valence electrons. The van der Waals surface area contributed by atoms with Gasteiger partial charge < -0.3 is 0 Å². The van der Waals surface area contributed by atoms with Gasteiger partial charge in [-0.05, 0) is 60.8 Å². The van der Waals surface area contributed by atoms with Gasteiger partial charge in [0.15, 0.2) is 0 Å². The Hall–Kier alpha value is -0.850. The van der Waals surface area contributed by atoms with Crippen LogP contribution in [-0.2, 0) is 19.3 Å². The average Bonchev–Trinajstić information content (AvgIpc) is 3.10. The predicted octanol–water partition coefficient (Wildman–Crippen LogP) is 8.97. The molecule has 0 amide bonds. The lowest BCUT2D eigenvalue weighted by Crippen LogP contribution is -1.99. The normalized spacial score (nSPS) is 15.9. The Morgan fingerprint density at radius 1 is 0.714 bits per heavy atom. The molecule has 0 spiro atoms. The summed E-state index contributed by atoms with van der Waals surface area (Å²) < 4.78 is 14.6. The molecule has 0 bridgehead atoms. The van der Waals surface area contributed by atoms with E-state index in [1.54, 1.807) is 0 Å². The highest BCUT2D eigenvalue weighted by molar-refractivity contribution is 5.37. The Bertz CT molecular complexity index is 533. The van der Waals surface area contributed by atoms with Gasteiger partial charge in [0.2, 0.25) is 0 Å². The molecule has 0 saturated heterocycles. The van der Waals surface area contributed by atoms with Gasteiger partial charge in [-0.2, -0.15) is 0 Å². The first-order valence-corrected chi connectivity index (χ1v) is 12.5. The van der Waals surface area contributed by atoms with Gasteiger partial charge >= 0.3 is 0 Å². The Morgan fingerprint density at radius 3 is 1.93 bits per heavy atom. The van der Waals surface area contributed by atoms with E-state index < -0.39 is 0 Å². The summed E-state index contributed by atoms with van der Waals surface area (Å²) in [5.74, 6) is 0.770. The molecule has 0 nitrogen and oxygen atoms in total. The number of fused-ring (bicyclic) bond motifs is 1. The zero-order chi connectivity index (χ0) is 20.0. The molecule has 1 aliphatic rings. The standard InChI is InChI=1S/C27H45F/c1-3-5-7-9-11-12-14-16-18-24-20-25-19-23(21-26(25)27(28)22-24)17-15-13-10-8-6-4-2/h20,22-23H,3-19,21H2,1-2H3. The third-order valence-corrected chi connectivity index (χ3v) is 6.63. The number of benzene rings is 1. The van der Waals surface area contributed by atoms with Gasteiger partial charge in [-0.15, -0.1) is 0 Å².